The zero-order valence-corrected chi connectivity index (χ0v) is 10.8. The average Bonchev–Trinajstić information content (AvgIpc) is 2.64. The third kappa shape index (κ3) is 2.03. The standard InChI is InChI=1S/C14H17N5/c15-8-10-4-2-1-3-5-12(10)19-13-6-7-17-9-11(13)14(16)18-19/h6-7,9-10,12H,1-5H2,(H2,16,18). The van der Waals surface area contributed by atoms with Gasteiger partial charge in [-0.2, -0.15) is 10.4 Å². The third-order valence-corrected chi connectivity index (χ3v) is 4.00. The summed E-state index contributed by atoms with van der Waals surface area (Å²) in [6.45, 7) is 0. The molecule has 2 heterocycles. The third-order valence-electron chi connectivity index (χ3n) is 4.00. The fraction of sp³-hybridized carbons (Fsp3) is 0.500. The van der Waals surface area contributed by atoms with Crippen LogP contribution in [0.25, 0.3) is 10.9 Å². The van der Waals surface area contributed by atoms with Crippen LogP contribution in [0, 0.1) is 17.2 Å². The van der Waals surface area contributed by atoms with E-state index in [9.17, 15) is 5.26 Å². The van der Waals surface area contributed by atoms with Gasteiger partial charge in [-0.15, -0.1) is 0 Å². The van der Waals surface area contributed by atoms with E-state index < -0.39 is 0 Å². The molecule has 0 aliphatic heterocycles. The molecule has 1 saturated carbocycles. The Morgan fingerprint density at radius 3 is 3.00 bits per heavy atom. The highest BCUT2D eigenvalue weighted by Crippen LogP contribution is 2.35. The molecule has 0 saturated heterocycles. The van der Waals surface area contributed by atoms with Crippen LogP contribution in [0.2, 0.25) is 0 Å². The van der Waals surface area contributed by atoms with E-state index in [-0.39, 0.29) is 12.0 Å². The Balaban J connectivity index is 2.09. The summed E-state index contributed by atoms with van der Waals surface area (Å²) in [7, 11) is 0. The Hall–Kier alpha value is -2.09. The number of nitrogens with two attached hydrogens (primary N) is 1. The molecule has 5 nitrogen and oxygen atoms in total. The van der Waals surface area contributed by atoms with Gasteiger partial charge in [0.2, 0.25) is 0 Å². The second kappa shape index (κ2) is 4.88. The molecular weight excluding hydrogens is 238 g/mol. The first-order valence-electron chi connectivity index (χ1n) is 6.78. The number of anilines is 1. The normalized spacial score (nSPS) is 23.9. The lowest BCUT2D eigenvalue weighted by Gasteiger charge is -2.20. The molecule has 1 aliphatic rings. The largest absolute Gasteiger partial charge is 0.382 e. The molecule has 19 heavy (non-hydrogen) atoms. The summed E-state index contributed by atoms with van der Waals surface area (Å²) in [5, 5.41) is 14.7. The minimum absolute atomic E-state index is 0.0261. The molecule has 3 rings (SSSR count). The van der Waals surface area contributed by atoms with Crippen molar-refractivity contribution in [3.8, 4) is 6.07 Å². The van der Waals surface area contributed by atoms with Crippen molar-refractivity contribution in [1.82, 2.24) is 14.8 Å². The highest BCUT2D eigenvalue weighted by atomic mass is 15.3. The number of hydrogen-bond acceptors (Lipinski definition) is 4. The minimum Gasteiger partial charge on any atom is -0.382 e. The van der Waals surface area contributed by atoms with Gasteiger partial charge in [0.15, 0.2) is 5.82 Å². The molecule has 2 unspecified atom stereocenters. The number of nitriles is 1. The van der Waals surface area contributed by atoms with Crippen molar-refractivity contribution in [3.05, 3.63) is 18.5 Å². The number of pyridine rings is 1. The Kier molecular flexibility index (Phi) is 3.08. The molecule has 0 aromatic carbocycles. The van der Waals surface area contributed by atoms with E-state index in [2.05, 4.69) is 16.2 Å². The van der Waals surface area contributed by atoms with Crippen molar-refractivity contribution in [2.75, 3.05) is 5.73 Å². The Labute approximate surface area is 112 Å². The smallest absolute Gasteiger partial charge is 0.154 e. The molecule has 0 radical (unpaired) electrons. The van der Waals surface area contributed by atoms with Crippen LogP contribution in [0.5, 0.6) is 0 Å². The summed E-state index contributed by atoms with van der Waals surface area (Å²) in [6.07, 6.45) is 8.92. The van der Waals surface area contributed by atoms with Crippen LogP contribution in [0.4, 0.5) is 5.82 Å². The van der Waals surface area contributed by atoms with Crippen LogP contribution in [-0.2, 0) is 0 Å². The number of aromatic nitrogens is 3. The zero-order chi connectivity index (χ0) is 13.2. The van der Waals surface area contributed by atoms with Crippen LogP contribution >= 0.6 is 0 Å². The predicted octanol–water partition coefficient (Wildman–Crippen LogP) is 2.66. The minimum atomic E-state index is 0.0261. The highest BCUT2D eigenvalue weighted by Gasteiger charge is 2.27. The van der Waals surface area contributed by atoms with Gasteiger partial charge in [-0.05, 0) is 18.9 Å². The lowest BCUT2D eigenvalue weighted by atomic mass is 9.96. The molecule has 2 aromatic heterocycles. The fourth-order valence-electron chi connectivity index (χ4n) is 2.99. The van der Waals surface area contributed by atoms with Crippen molar-refractivity contribution in [1.29, 1.82) is 5.26 Å². The van der Waals surface area contributed by atoms with Crippen molar-refractivity contribution in [3.63, 3.8) is 0 Å². The summed E-state index contributed by atoms with van der Waals surface area (Å²) in [5.41, 5.74) is 6.94. The molecule has 2 N–H and O–H groups in total. The lowest BCUT2D eigenvalue weighted by molar-refractivity contribution is 0.353. The quantitative estimate of drug-likeness (QED) is 0.794. The lowest BCUT2D eigenvalue weighted by Crippen LogP contribution is -2.18. The van der Waals surface area contributed by atoms with Crippen LogP contribution < -0.4 is 5.73 Å². The first-order valence-corrected chi connectivity index (χ1v) is 6.78. The monoisotopic (exact) mass is 255 g/mol. The fourth-order valence-corrected chi connectivity index (χ4v) is 2.99. The molecule has 2 atom stereocenters. The zero-order valence-electron chi connectivity index (χ0n) is 10.8. The molecule has 2 aromatic rings. The van der Waals surface area contributed by atoms with Gasteiger partial charge in [-0.3, -0.25) is 9.67 Å². The number of nitrogen functional groups attached to an aromatic ring is 1. The number of hydrogen-bond donors (Lipinski definition) is 1. The summed E-state index contributed by atoms with van der Waals surface area (Å²) in [5.74, 6) is 0.530. The van der Waals surface area contributed by atoms with Gasteiger partial charge in [-0.25, -0.2) is 0 Å². The summed E-state index contributed by atoms with van der Waals surface area (Å²) < 4.78 is 1.95. The number of fused-ring (bicyclic) bond motifs is 1. The summed E-state index contributed by atoms with van der Waals surface area (Å²) in [4.78, 5) is 4.09. The van der Waals surface area contributed by atoms with E-state index in [1.165, 1.54) is 6.42 Å². The van der Waals surface area contributed by atoms with E-state index in [0.29, 0.717) is 5.82 Å². The van der Waals surface area contributed by atoms with E-state index in [4.69, 9.17) is 5.73 Å². The highest BCUT2D eigenvalue weighted by molar-refractivity contribution is 5.88. The predicted molar refractivity (Wildman–Crippen MR) is 73.2 cm³/mol. The second-order valence-electron chi connectivity index (χ2n) is 5.16. The van der Waals surface area contributed by atoms with Crippen molar-refractivity contribution >= 4 is 16.7 Å². The average molecular weight is 255 g/mol. The molecule has 5 heteroatoms. The van der Waals surface area contributed by atoms with E-state index in [0.717, 1.165) is 36.6 Å². The van der Waals surface area contributed by atoms with E-state index >= 15 is 0 Å². The first-order chi connectivity index (χ1) is 9.31. The van der Waals surface area contributed by atoms with Gasteiger partial charge < -0.3 is 5.73 Å². The van der Waals surface area contributed by atoms with Crippen molar-refractivity contribution in [2.45, 2.75) is 38.1 Å². The van der Waals surface area contributed by atoms with Crippen molar-refractivity contribution in [2.24, 2.45) is 5.92 Å². The van der Waals surface area contributed by atoms with Crippen molar-refractivity contribution < 1.29 is 0 Å². The number of rotatable bonds is 1. The van der Waals surface area contributed by atoms with Gasteiger partial charge in [0.25, 0.3) is 0 Å². The Morgan fingerprint density at radius 2 is 2.16 bits per heavy atom. The molecular formula is C14H17N5. The van der Waals surface area contributed by atoms with Crippen LogP contribution in [-0.4, -0.2) is 14.8 Å². The maximum absolute atomic E-state index is 9.39. The molecule has 0 spiro atoms. The summed E-state index contributed by atoms with van der Waals surface area (Å²) >= 11 is 0. The van der Waals surface area contributed by atoms with Gasteiger partial charge in [0, 0.05) is 12.4 Å². The molecule has 98 valence electrons. The Bertz CT molecular complexity index is 624. The van der Waals surface area contributed by atoms with E-state index in [1.54, 1.807) is 12.4 Å². The summed E-state index contributed by atoms with van der Waals surface area (Å²) in [6, 6.07) is 4.51. The SMILES string of the molecule is N#CC1CCCCCC1n1nc(N)c2cnccc21. The van der Waals surface area contributed by atoms with Gasteiger partial charge in [0.1, 0.15) is 0 Å². The topological polar surface area (TPSA) is 80.5 Å². The molecule has 1 aliphatic carbocycles. The first kappa shape index (κ1) is 12.0. The molecule has 0 bridgehead atoms. The van der Waals surface area contributed by atoms with E-state index in [1.807, 2.05) is 10.7 Å². The van der Waals surface area contributed by atoms with Gasteiger partial charge >= 0.3 is 0 Å². The van der Waals surface area contributed by atoms with Gasteiger partial charge in [-0.1, -0.05) is 19.3 Å². The molecule has 1 fully saturated rings. The molecule has 0 amide bonds. The van der Waals surface area contributed by atoms with Crippen LogP contribution in [0.15, 0.2) is 18.5 Å². The Morgan fingerprint density at radius 1 is 1.32 bits per heavy atom. The van der Waals surface area contributed by atoms with Crippen LogP contribution in [0.1, 0.15) is 38.1 Å². The second-order valence-corrected chi connectivity index (χ2v) is 5.16. The van der Waals surface area contributed by atoms with Crippen LogP contribution in [0.3, 0.4) is 0 Å². The number of nitrogens with zero attached hydrogens (tertiary/aromatic N) is 4. The van der Waals surface area contributed by atoms with Gasteiger partial charge in [0.05, 0.1) is 28.9 Å². The maximum Gasteiger partial charge on any atom is 0.154 e. The maximum atomic E-state index is 9.39.